The van der Waals surface area contributed by atoms with Crippen LogP contribution < -0.4 is 14.6 Å². The minimum absolute atomic E-state index is 0.159. The van der Waals surface area contributed by atoms with Gasteiger partial charge in [0.1, 0.15) is 30.6 Å². The van der Waals surface area contributed by atoms with Gasteiger partial charge in [0.05, 0.1) is 22.9 Å². The molecule has 0 radical (unpaired) electrons. The Hall–Kier alpha value is -4.57. The van der Waals surface area contributed by atoms with Crippen LogP contribution in [0.15, 0.2) is 60.7 Å². The molecule has 0 saturated carbocycles. The van der Waals surface area contributed by atoms with E-state index in [1.54, 1.807) is 0 Å². The number of anilines is 1. The molecule has 1 N–H and O–H groups in total. The molecule has 0 aliphatic rings. The molecule has 0 atom stereocenters. The predicted octanol–water partition coefficient (Wildman–Crippen LogP) is 6.73. The SMILES string of the molecule is C#CCOc1ccc(-c2c3cc(CC(=O)OC(C)(C)C)ccc3c3ccc(NC(=O)OC(C)(C)C)cc3[n+]2C)cc1. The Bertz CT molecular complexity index is 1650. The number of nitrogens with one attached hydrogen (secondary N) is 1. The van der Waals surface area contributed by atoms with Crippen molar-refractivity contribution < 1.29 is 28.4 Å². The molecule has 212 valence electrons. The molecule has 0 fully saturated rings. The number of pyridine rings is 1. The van der Waals surface area contributed by atoms with Crippen LogP contribution in [-0.2, 0) is 27.7 Å². The van der Waals surface area contributed by atoms with Gasteiger partial charge < -0.3 is 14.2 Å². The van der Waals surface area contributed by atoms with Gasteiger partial charge in [-0.1, -0.05) is 18.1 Å². The highest BCUT2D eigenvalue weighted by atomic mass is 16.6. The average molecular weight is 554 g/mol. The van der Waals surface area contributed by atoms with Crippen LogP contribution in [0.4, 0.5) is 10.5 Å². The van der Waals surface area contributed by atoms with E-state index in [-0.39, 0.29) is 19.0 Å². The molecule has 4 aromatic rings. The third-order valence-electron chi connectivity index (χ3n) is 6.19. The second-order valence-corrected chi connectivity index (χ2v) is 11.9. The molecule has 0 unspecified atom stereocenters. The normalized spacial score (nSPS) is 11.7. The molecule has 41 heavy (non-hydrogen) atoms. The van der Waals surface area contributed by atoms with E-state index >= 15 is 0 Å². The van der Waals surface area contributed by atoms with Crippen LogP contribution >= 0.6 is 0 Å². The largest absolute Gasteiger partial charge is 0.481 e. The number of carbonyl (C=O) groups excluding carboxylic acids is 2. The van der Waals surface area contributed by atoms with Gasteiger partial charge in [0, 0.05) is 17.0 Å². The highest BCUT2D eigenvalue weighted by Gasteiger charge is 2.24. The summed E-state index contributed by atoms with van der Waals surface area (Å²) in [6, 6.07) is 19.5. The van der Waals surface area contributed by atoms with Crippen molar-refractivity contribution in [2.45, 2.75) is 59.2 Å². The zero-order valence-electron chi connectivity index (χ0n) is 24.8. The van der Waals surface area contributed by atoms with Crippen molar-refractivity contribution >= 4 is 39.4 Å². The van der Waals surface area contributed by atoms with Crippen LogP contribution in [0.1, 0.15) is 47.1 Å². The third kappa shape index (κ3) is 7.34. The maximum absolute atomic E-state index is 12.6. The van der Waals surface area contributed by atoms with Gasteiger partial charge in [-0.15, -0.1) is 6.42 Å². The Balaban J connectivity index is 1.86. The standard InChI is InChI=1S/C34H36N2O5/c1-9-18-39-25-14-11-23(12-15-25)31-28-19-22(20-30(37)40-33(2,3)4)10-16-26(28)27-17-13-24(21-29(27)36(31)8)35-32(38)41-34(5,6)7/h1,10-17,19,21H,18,20H2,2-8H3/p+1. The summed E-state index contributed by atoms with van der Waals surface area (Å²) in [4.78, 5) is 25.1. The number of nitrogens with zero attached hydrogens (tertiary/aromatic N) is 1. The summed E-state index contributed by atoms with van der Waals surface area (Å²) in [6.45, 7) is 11.2. The number of ether oxygens (including phenoxy) is 3. The van der Waals surface area contributed by atoms with E-state index in [4.69, 9.17) is 20.6 Å². The van der Waals surface area contributed by atoms with Crippen molar-refractivity contribution in [3.63, 3.8) is 0 Å². The minimum atomic E-state index is -0.609. The number of esters is 1. The lowest BCUT2D eigenvalue weighted by molar-refractivity contribution is -0.632. The Labute approximate surface area is 241 Å². The molecular formula is C34H37N2O5+. The van der Waals surface area contributed by atoms with Gasteiger partial charge in [0.25, 0.3) is 0 Å². The lowest BCUT2D eigenvalue weighted by atomic mass is 9.96. The molecule has 3 aromatic carbocycles. The maximum Gasteiger partial charge on any atom is 0.412 e. The molecule has 1 aromatic heterocycles. The number of benzene rings is 3. The monoisotopic (exact) mass is 553 g/mol. The summed E-state index contributed by atoms with van der Waals surface area (Å²) < 4.78 is 18.7. The molecule has 7 nitrogen and oxygen atoms in total. The Kier molecular flexibility index (Phi) is 8.25. The molecule has 7 heteroatoms. The van der Waals surface area contributed by atoms with Gasteiger partial charge >= 0.3 is 12.1 Å². The number of terminal acetylenes is 1. The smallest absolute Gasteiger partial charge is 0.412 e. The van der Waals surface area contributed by atoms with Crippen molar-refractivity contribution in [2.24, 2.45) is 7.05 Å². The zero-order chi connectivity index (χ0) is 29.9. The summed E-state index contributed by atoms with van der Waals surface area (Å²) >= 11 is 0. The van der Waals surface area contributed by atoms with Crippen LogP contribution in [0.2, 0.25) is 0 Å². The van der Waals surface area contributed by atoms with Gasteiger partial charge in [0.2, 0.25) is 11.2 Å². The number of hydrogen-bond acceptors (Lipinski definition) is 5. The second-order valence-electron chi connectivity index (χ2n) is 11.9. The topological polar surface area (TPSA) is 77.7 Å². The van der Waals surface area contributed by atoms with E-state index in [0.717, 1.165) is 38.5 Å². The lowest BCUT2D eigenvalue weighted by Crippen LogP contribution is -2.33. The molecule has 0 saturated heterocycles. The van der Waals surface area contributed by atoms with E-state index in [1.165, 1.54) is 0 Å². The Morgan fingerprint density at radius 1 is 0.854 bits per heavy atom. The van der Waals surface area contributed by atoms with Gasteiger partial charge in [-0.25, -0.2) is 4.79 Å². The van der Waals surface area contributed by atoms with Crippen LogP contribution in [0, 0.1) is 12.3 Å². The predicted molar refractivity (Wildman–Crippen MR) is 162 cm³/mol. The van der Waals surface area contributed by atoms with Gasteiger partial charge in [-0.3, -0.25) is 10.1 Å². The molecule has 0 aliphatic carbocycles. The van der Waals surface area contributed by atoms with E-state index in [9.17, 15) is 9.59 Å². The van der Waals surface area contributed by atoms with Crippen LogP contribution in [0.25, 0.3) is 32.9 Å². The molecule has 0 aliphatic heterocycles. The second kappa shape index (κ2) is 11.5. The van der Waals surface area contributed by atoms with Gasteiger partial charge in [0.15, 0.2) is 0 Å². The van der Waals surface area contributed by atoms with E-state index < -0.39 is 17.3 Å². The van der Waals surface area contributed by atoms with Gasteiger partial charge in [-0.2, -0.15) is 4.57 Å². The summed E-state index contributed by atoms with van der Waals surface area (Å²) in [5.74, 6) is 2.87. The van der Waals surface area contributed by atoms with E-state index in [1.807, 2.05) is 109 Å². The van der Waals surface area contributed by atoms with Crippen molar-refractivity contribution in [2.75, 3.05) is 11.9 Å². The number of aromatic nitrogens is 1. The number of aryl methyl sites for hydroxylation is 1. The fraction of sp³-hybridized carbons (Fsp3) is 0.324. The molecule has 4 rings (SSSR count). The zero-order valence-corrected chi connectivity index (χ0v) is 24.8. The quantitative estimate of drug-likeness (QED) is 0.124. The van der Waals surface area contributed by atoms with Crippen LogP contribution in [-0.4, -0.2) is 29.9 Å². The van der Waals surface area contributed by atoms with Crippen molar-refractivity contribution in [1.82, 2.24) is 0 Å². The number of hydrogen-bond donors (Lipinski definition) is 1. The van der Waals surface area contributed by atoms with Crippen LogP contribution in [0.5, 0.6) is 5.75 Å². The molecule has 0 spiro atoms. The van der Waals surface area contributed by atoms with Crippen molar-refractivity contribution in [1.29, 1.82) is 0 Å². The number of fused-ring (bicyclic) bond motifs is 3. The number of amides is 1. The van der Waals surface area contributed by atoms with Crippen molar-refractivity contribution in [3.05, 3.63) is 66.2 Å². The first-order valence-corrected chi connectivity index (χ1v) is 13.5. The summed E-state index contributed by atoms with van der Waals surface area (Å²) in [5, 5.41) is 5.83. The molecular weight excluding hydrogens is 516 g/mol. The van der Waals surface area contributed by atoms with Gasteiger partial charge in [-0.05, 0) is 89.6 Å². The molecule has 1 amide bonds. The van der Waals surface area contributed by atoms with Crippen LogP contribution in [0.3, 0.4) is 0 Å². The maximum atomic E-state index is 12.6. The van der Waals surface area contributed by atoms with E-state index in [0.29, 0.717) is 11.4 Å². The first-order valence-electron chi connectivity index (χ1n) is 13.5. The fourth-order valence-electron chi connectivity index (χ4n) is 4.70. The first kappa shape index (κ1) is 29.4. The third-order valence-corrected chi connectivity index (χ3v) is 6.19. The molecule has 0 bridgehead atoms. The van der Waals surface area contributed by atoms with Crippen molar-refractivity contribution in [3.8, 4) is 29.4 Å². The van der Waals surface area contributed by atoms with E-state index in [2.05, 4.69) is 15.8 Å². The Morgan fingerprint density at radius 3 is 2.15 bits per heavy atom. The minimum Gasteiger partial charge on any atom is -0.481 e. The fourth-order valence-corrected chi connectivity index (χ4v) is 4.70. The Morgan fingerprint density at radius 2 is 1.51 bits per heavy atom. The highest BCUT2D eigenvalue weighted by molar-refractivity contribution is 6.10. The summed E-state index contributed by atoms with van der Waals surface area (Å²) in [7, 11) is 1.98. The number of rotatable bonds is 6. The summed E-state index contributed by atoms with van der Waals surface area (Å²) in [5.41, 5.74) is 3.10. The highest BCUT2D eigenvalue weighted by Crippen LogP contribution is 2.34. The number of carbonyl (C=O) groups is 2. The lowest BCUT2D eigenvalue weighted by Gasteiger charge is -2.20. The summed E-state index contributed by atoms with van der Waals surface area (Å²) in [6.07, 6.45) is 4.98. The molecule has 1 heterocycles. The first-order chi connectivity index (χ1) is 19.2. The average Bonchev–Trinajstić information content (AvgIpc) is 2.86.